The molecule has 0 radical (unpaired) electrons. The molecular weight excluding hydrogens is 203 g/mol. The van der Waals surface area contributed by atoms with Crippen molar-refractivity contribution < 1.29 is 23.0 Å². The number of rotatable bonds is 2. The molecule has 78 valence electrons. The molecule has 1 heterocycles. The van der Waals surface area contributed by atoms with Gasteiger partial charge in [-0.3, -0.25) is 4.79 Å². The fourth-order valence-corrected chi connectivity index (χ4v) is 0.818. The van der Waals surface area contributed by atoms with Crippen molar-refractivity contribution in [2.24, 2.45) is 0 Å². The number of nitrogens with one attached hydrogen (secondary N) is 1. The quantitative estimate of drug-likeness (QED) is 0.756. The third-order valence-electron chi connectivity index (χ3n) is 1.36. The number of aromatic amines is 1. The van der Waals surface area contributed by atoms with Crippen molar-refractivity contribution in [3.63, 3.8) is 0 Å². The molecular formula is C7H6F3NO3. The van der Waals surface area contributed by atoms with Crippen molar-refractivity contribution in [1.82, 2.24) is 4.98 Å². The predicted molar refractivity (Wildman–Crippen MR) is 39.7 cm³/mol. The van der Waals surface area contributed by atoms with Crippen LogP contribution in [-0.2, 0) is 6.61 Å². The van der Waals surface area contributed by atoms with Gasteiger partial charge in [0.1, 0.15) is 5.75 Å². The van der Waals surface area contributed by atoms with Crippen LogP contribution in [-0.4, -0.2) is 16.5 Å². The van der Waals surface area contributed by atoms with E-state index in [0.717, 1.165) is 12.3 Å². The lowest BCUT2D eigenvalue weighted by molar-refractivity contribution is -0.274. The average Bonchev–Trinajstić information content (AvgIpc) is 2.06. The number of H-pyrrole nitrogens is 1. The molecule has 0 amide bonds. The van der Waals surface area contributed by atoms with Crippen LogP contribution < -0.4 is 10.3 Å². The van der Waals surface area contributed by atoms with Crippen LogP contribution in [0.1, 0.15) is 5.56 Å². The minimum Gasteiger partial charge on any atom is -0.404 e. The summed E-state index contributed by atoms with van der Waals surface area (Å²) in [4.78, 5) is 12.8. The number of aromatic nitrogens is 1. The summed E-state index contributed by atoms with van der Waals surface area (Å²) in [6.45, 7) is -0.648. The highest BCUT2D eigenvalue weighted by molar-refractivity contribution is 5.23. The van der Waals surface area contributed by atoms with E-state index >= 15 is 0 Å². The summed E-state index contributed by atoms with van der Waals surface area (Å²) in [6, 6.07) is 0.826. The molecule has 0 aromatic carbocycles. The van der Waals surface area contributed by atoms with E-state index in [1.807, 2.05) is 4.98 Å². The molecule has 0 aliphatic carbocycles. The molecule has 1 aromatic rings. The van der Waals surface area contributed by atoms with Crippen molar-refractivity contribution in [3.05, 3.63) is 28.2 Å². The first-order chi connectivity index (χ1) is 6.42. The largest absolute Gasteiger partial charge is 0.573 e. The second-order valence-corrected chi connectivity index (χ2v) is 2.40. The Hall–Kier alpha value is -1.50. The Morgan fingerprint density at radius 1 is 1.50 bits per heavy atom. The van der Waals surface area contributed by atoms with E-state index in [1.54, 1.807) is 0 Å². The van der Waals surface area contributed by atoms with Gasteiger partial charge < -0.3 is 14.8 Å². The van der Waals surface area contributed by atoms with Gasteiger partial charge in [-0.05, 0) is 6.07 Å². The smallest absolute Gasteiger partial charge is 0.404 e. The van der Waals surface area contributed by atoms with Crippen LogP contribution in [0.15, 0.2) is 17.1 Å². The molecule has 0 aliphatic rings. The predicted octanol–water partition coefficient (Wildman–Crippen LogP) is 0.766. The van der Waals surface area contributed by atoms with E-state index in [4.69, 9.17) is 5.11 Å². The van der Waals surface area contributed by atoms with Crippen molar-refractivity contribution in [1.29, 1.82) is 0 Å². The lowest BCUT2D eigenvalue weighted by atomic mass is 10.3. The molecule has 0 aliphatic heterocycles. The number of hydrogen-bond donors (Lipinski definition) is 2. The lowest BCUT2D eigenvalue weighted by Gasteiger charge is -2.08. The van der Waals surface area contributed by atoms with Crippen LogP contribution in [0, 0.1) is 0 Å². The molecule has 1 aromatic heterocycles. The average molecular weight is 209 g/mol. The van der Waals surface area contributed by atoms with Gasteiger partial charge in [-0.15, -0.1) is 13.2 Å². The Morgan fingerprint density at radius 2 is 2.14 bits per heavy atom. The zero-order chi connectivity index (χ0) is 10.8. The first-order valence-corrected chi connectivity index (χ1v) is 3.50. The number of aliphatic hydroxyl groups excluding tert-OH is 1. The Balaban J connectivity index is 2.96. The highest BCUT2D eigenvalue weighted by Crippen LogP contribution is 2.21. The maximum atomic E-state index is 11.7. The fraction of sp³-hybridized carbons (Fsp3) is 0.286. The van der Waals surface area contributed by atoms with E-state index in [0.29, 0.717) is 0 Å². The van der Waals surface area contributed by atoms with E-state index in [1.165, 1.54) is 0 Å². The summed E-state index contributed by atoms with van der Waals surface area (Å²) in [5.41, 5.74) is -0.839. The second-order valence-electron chi connectivity index (χ2n) is 2.40. The van der Waals surface area contributed by atoms with Crippen LogP contribution in [0.5, 0.6) is 5.75 Å². The first-order valence-electron chi connectivity index (χ1n) is 3.50. The van der Waals surface area contributed by atoms with Crippen LogP contribution in [0.3, 0.4) is 0 Å². The number of halogens is 3. The zero-order valence-electron chi connectivity index (χ0n) is 6.76. The fourth-order valence-electron chi connectivity index (χ4n) is 0.818. The molecule has 14 heavy (non-hydrogen) atoms. The Bertz CT molecular complexity index is 371. The Morgan fingerprint density at radius 3 is 2.64 bits per heavy atom. The molecule has 0 saturated carbocycles. The van der Waals surface area contributed by atoms with Gasteiger partial charge in [0.2, 0.25) is 0 Å². The van der Waals surface area contributed by atoms with Crippen molar-refractivity contribution in [2.45, 2.75) is 13.0 Å². The highest BCUT2D eigenvalue weighted by atomic mass is 19.4. The third kappa shape index (κ3) is 2.77. The third-order valence-corrected chi connectivity index (χ3v) is 1.36. The van der Waals surface area contributed by atoms with Crippen molar-refractivity contribution in [3.8, 4) is 5.75 Å². The monoisotopic (exact) mass is 209 g/mol. The van der Waals surface area contributed by atoms with Gasteiger partial charge in [0.25, 0.3) is 5.56 Å². The van der Waals surface area contributed by atoms with Gasteiger partial charge in [-0.25, -0.2) is 0 Å². The van der Waals surface area contributed by atoms with Gasteiger partial charge in [-0.2, -0.15) is 0 Å². The van der Waals surface area contributed by atoms with Crippen LogP contribution in [0.25, 0.3) is 0 Å². The normalized spacial score (nSPS) is 11.4. The molecule has 0 unspecified atom stereocenters. The maximum absolute atomic E-state index is 11.7. The molecule has 0 bridgehead atoms. The summed E-state index contributed by atoms with van der Waals surface area (Å²) in [7, 11) is 0. The topological polar surface area (TPSA) is 62.3 Å². The summed E-state index contributed by atoms with van der Waals surface area (Å²) >= 11 is 0. The summed E-state index contributed by atoms with van der Waals surface area (Å²) < 4.78 is 38.6. The highest BCUT2D eigenvalue weighted by Gasteiger charge is 2.31. The van der Waals surface area contributed by atoms with Gasteiger partial charge in [0.05, 0.1) is 6.61 Å². The minimum absolute atomic E-state index is 0.188. The molecule has 0 saturated heterocycles. The summed E-state index contributed by atoms with van der Waals surface area (Å²) in [5, 5.41) is 8.58. The SMILES string of the molecule is O=c1[nH]cc(OC(F)(F)F)cc1CO. The van der Waals surface area contributed by atoms with Crippen LogP contribution in [0.2, 0.25) is 0 Å². The molecule has 4 nitrogen and oxygen atoms in total. The van der Waals surface area contributed by atoms with E-state index in [-0.39, 0.29) is 5.56 Å². The Labute approximate surface area is 75.9 Å². The minimum atomic E-state index is -4.81. The molecule has 0 fully saturated rings. The van der Waals surface area contributed by atoms with Gasteiger partial charge in [0.15, 0.2) is 0 Å². The molecule has 0 spiro atoms. The van der Waals surface area contributed by atoms with Gasteiger partial charge >= 0.3 is 6.36 Å². The molecule has 2 N–H and O–H groups in total. The van der Waals surface area contributed by atoms with E-state index in [9.17, 15) is 18.0 Å². The van der Waals surface area contributed by atoms with Crippen molar-refractivity contribution in [2.75, 3.05) is 0 Å². The van der Waals surface area contributed by atoms with Crippen molar-refractivity contribution >= 4 is 0 Å². The van der Waals surface area contributed by atoms with E-state index < -0.39 is 24.3 Å². The number of hydrogen-bond acceptors (Lipinski definition) is 3. The van der Waals surface area contributed by atoms with Gasteiger partial charge in [-0.1, -0.05) is 0 Å². The number of alkyl halides is 3. The molecule has 0 atom stereocenters. The summed E-state index contributed by atoms with van der Waals surface area (Å²) in [6.07, 6.45) is -4.04. The first kappa shape index (κ1) is 10.6. The molecule has 7 heteroatoms. The van der Waals surface area contributed by atoms with Crippen LogP contribution in [0.4, 0.5) is 13.2 Å². The number of pyridine rings is 1. The standard InChI is InChI=1S/C7H6F3NO3/c8-7(9,10)14-5-1-4(3-12)6(13)11-2-5/h1-2,12H,3H2,(H,11,13). The maximum Gasteiger partial charge on any atom is 0.573 e. The Kier molecular flexibility index (Phi) is 2.80. The second kappa shape index (κ2) is 3.70. The van der Waals surface area contributed by atoms with E-state index in [2.05, 4.69) is 4.74 Å². The molecule has 1 rings (SSSR count). The number of ether oxygens (including phenoxy) is 1. The number of aliphatic hydroxyl groups is 1. The van der Waals surface area contributed by atoms with Crippen LogP contribution >= 0.6 is 0 Å². The van der Waals surface area contributed by atoms with Gasteiger partial charge in [0, 0.05) is 11.8 Å². The lowest BCUT2D eigenvalue weighted by Crippen LogP contribution is -2.19. The zero-order valence-corrected chi connectivity index (χ0v) is 6.76. The summed E-state index contributed by atoms with van der Waals surface area (Å²) in [5.74, 6) is -0.568.